The molecule has 0 aliphatic carbocycles. The number of esters is 1. The molecule has 2 heterocycles. The third kappa shape index (κ3) is 12.1. The molecule has 18 nitrogen and oxygen atoms in total. The van der Waals surface area contributed by atoms with Crippen LogP contribution in [0.2, 0.25) is 0 Å². The number of rotatable bonds is 17. The molecule has 1 aromatic heterocycles. The van der Waals surface area contributed by atoms with Crippen LogP contribution in [0.3, 0.4) is 0 Å². The summed E-state index contributed by atoms with van der Waals surface area (Å²) in [6, 6.07) is 9.43. The number of carbonyl (C=O) groups is 3. The number of hydrazine groups is 1. The molecule has 1 aliphatic heterocycles. The van der Waals surface area contributed by atoms with Crippen LogP contribution in [0.25, 0.3) is 0 Å². The highest BCUT2D eigenvalue weighted by Crippen LogP contribution is 2.36. The average Bonchev–Trinajstić information content (AvgIpc) is 3.57. The first-order chi connectivity index (χ1) is 26.3. The predicted molar refractivity (Wildman–Crippen MR) is 193 cm³/mol. The van der Waals surface area contributed by atoms with Gasteiger partial charge in [-0.05, 0) is 42.8 Å². The van der Waals surface area contributed by atoms with Crippen molar-refractivity contribution in [3.63, 3.8) is 0 Å². The summed E-state index contributed by atoms with van der Waals surface area (Å²) in [4.78, 5) is 52.4. The number of hydrogen-bond acceptors (Lipinski definition) is 16. The molecule has 0 saturated heterocycles. The Hall–Kier alpha value is -6.31. The fraction of sp³-hybridized carbons (Fsp3) is 0.400. The maximum Gasteiger partial charge on any atom is 0.511 e. The van der Waals surface area contributed by atoms with Gasteiger partial charge in [-0.25, -0.2) is 33.3 Å². The van der Waals surface area contributed by atoms with Gasteiger partial charge in [0.2, 0.25) is 5.95 Å². The van der Waals surface area contributed by atoms with Gasteiger partial charge in [-0.15, -0.1) is 0 Å². The lowest BCUT2D eigenvalue weighted by Crippen LogP contribution is -2.48. The molecule has 4 N–H and O–H groups in total. The Balaban J connectivity index is 1.76. The summed E-state index contributed by atoms with van der Waals surface area (Å²) in [6.07, 6.45) is 0.386. The van der Waals surface area contributed by atoms with E-state index in [-0.39, 0.29) is 54.7 Å². The van der Waals surface area contributed by atoms with Gasteiger partial charge < -0.3 is 44.2 Å². The number of amidine groups is 2. The number of aromatic nitrogens is 2. The largest absolute Gasteiger partial charge is 0.511 e. The molecular formula is C35H42F2N8O10. The molecule has 1 unspecified atom stereocenters. The summed E-state index contributed by atoms with van der Waals surface area (Å²) < 4.78 is 66.1. The van der Waals surface area contributed by atoms with Crippen molar-refractivity contribution in [2.75, 3.05) is 50.5 Å². The van der Waals surface area contributed by atoms with Gasteiger partial charge in [0, 0.05) is 56.0 Å². The Labute approximate surface area is 314 Å². The summed E-state index contributed by atoms with van der Waals surface area (Å²) in [5, 5.41) is 4.51. The number of aliphatic imine (C=N–C) groups is 2. The van der Waals surface area contributed by atoms with E-state index >= 15 is 4.39 Å². The highest BCUT2D eigenvalue weighted by molar-refractivity contribution is 6.03. The fourth-order valence-electron chi connectivity index (χ4n) is 4.76. The van der Waals surface area contributed by atoms with Crippen molar-refractivity contribution >= 4 is 41.7 Å². The molecule has 1 amide bonds. The highest BCUT2D eigenvalue weighted by Gasteiger charge is 2.40. The molecule has 2 aromatic carbocycles. The number of benzene rings is 2. The van der Waals surface area contributed by atoms with Gasteiger partial charge in [-0.3, -0.25) is 4.79 Å². The molecule has 0 radical (unpaired) electrons. The van der Waals surface area contributed by atoms with Gasteiger partial charge in [0.25, 0.3) is 5.79 Å². The van der Waals surface area contributed by atoms with E-state index in [1.807, 2.05) is 6.92 Å². The van der Waals surface area contributed by atoms with Gasteiger partial charge in [0.1, 0.15) is 44.2 Å². The molecule has 0 saturated carbocycles. The van der Waals surface area contributed by atoms with Gasteiger partial charge >= 0.3 is 24.2 Å². The van der Waals surface area contributed by atoms with Gasteiger partial charge in [-0.1, -0.05) is 6.92 Å². The summed E-state index contributed by atoms with van der Waals surface area (Å²) in [6.45, 7) is 4.30. The van der Waals surface area contributed by atoms with Crippen LogP contribution < -0.4 is 31.0 Å². The zero-order valence-corrected chi connectivity index (χ0v) is 30.7. The number of halogens is 2. The van der Waals surface area contributed by atoms with Crippen molar-refractivity contribution in [2.45, 2.75) is 52.1 Å². The second kappa shape index (κ2) is 19.7. The minimum Gasteiger partial charge on any atom is -0.497 e. The van der Waals surface area contributed by atoms with E-state index in [0.717, 1.165) is 0 Å². The molecule has 4 rings (SSSR count). The molecule has 0 fully saturated rings. The lowest BCUT2D eigenvalue weighted by atomic mass is 10.0. The van der Waals surface area contributed by atoms with Crippen LogP contribution in [-0.2, 0) is 28.5 Å². The quantitative estimate of drug-likeness (QED) is 0.0428. The molecule has 55 heavy (non-hydrogen) atoms. The van der Waals surface area contributed by atoms with Crippen LogP contribution in [-0.4, -0.2) is 92.2 Å². The summed E-state index contributed by atoms with van der Waals surface area (Å²) in [5.74, 6) is -3.12. The SMILES string of the molecule is CCCOC(=O)N=C(N)c1ccc(N[C@H](c2cc(OC)cc(OCCOC(C)=O)c2F)C2N=C(OC(C)(C)OC(=O)OCCF)N(c3ncccn3)N2)cc1. The van der Waals surface area contributed by atoms with E-state index in [2.05, 4.69) is 35.4 Å². The van der Waals surface area contributed by atoms with Crippen molar-refractivity contribution in [2.24, 2.45) is 15.7 Å². The lowest BCUT2D eigenvalue weighted by molar-refractivity contribution is -0.142. The van der Waals surface area contributed by atoms with Crippen molar-refractivity contribution in [3.05, 3.63) is 71.8 Å². The molecular weight excluding hydrogens is 730 g/mol. The van der Waals surface area contributed by atoms with Crippen LogP contribution in [0.15, 0.2) is 64.8 Å². The van der Waals surface area contributed by atoms with Crippen molar-refractivity contribution < 1.29 is 56.3 Å². The van der Waals surface area contributed by atoms with Crippen LogP contribution >= 0.6 is 0 Å². The Kier molecular flexibility index (Phi) is 14.8. The number of anilines is 2. The van der Waals surface area contributed by atoms with Crippen molar-refractivity contribution in [1.29, 1.82) is 0 Å². The minimum atomic E-state index is -1.73. The third-order valence-corrected chi connectivity index (χ3v) is 7.14. The molecule has 296 valence electrons. The van der Waals surface area contributed by atoms with Gasteiger partial charge in [0.15, 0.2) is 11.6 Å². The number of ether oxygens (including phenoxy) is 7. The first-order valence-corrected chi connectivity index (χ1v) is 16.9. The van der Waals surface area contributed by atoms with Gasteiger partial charge in [-0.2, -0.15) is 15.4 Å². The summed E-state index contributed by atoms with van der Waals surface area (Å²) in [7, 11) is 1.39. The molecule has 0 bridgehead atoms. The topological polar surface area (TPSA) is 220 Å². The van der Waals surface area contributed by atoms with Crippen molar-refractivity contribution in [1.82, 2.24) is 15.4 Å². The number of nitrogens with zero attached hydrogens (tertiary/aromatic N) is 5. The fourth-order valence-corrected chi connectivity index (χ4v) is 4.76. The van der Waals surface area contributed by atoms with E-state index in [4.69, 9.17) is 34.2 Å². The summed E-state index contributed by atoms with van der Waals surface area (Å²) in [5.41, 5.74) is 9.97. The Bertz CT molecular complexity index is 1830. The molecule has 3 aromatic rings. The van der Waals surface area contributed by atoms with Crippen LogP contribution in [0.5, 0.6) is 11.5 Å². The summed E-state index contributed by atoms with van der Waals surface area (Å²) >= 11 is 0. The third-order valence-electron chi connectivity index (χ3n) is 7.14. The first-order valence-electron chi connectivity index (χ1n) is 16.9. The van der Waals surface area contributed by atoms with E-state index in [1.54, 1.807) is 30.3 Å². The molecule has 1 aliphatic rings. The molecule has 2 atom stereocenters. The van der Waals surface area contributed by atoms with Crippen LogP contribution in [0, 0.1) is 5.82 Å². The second-order valence-electron chi connectivity index (χ2n) is 11.8. The van der Waals surface area contributed by atoms with E-state index in [0.29, 0.717) is 17.7 Å². The second-order valence-corrected chi connectivity index (χ2v) is 11.8. The van der Waals surface area contributed by atoms with E-state index < -0.39 is 55.3 Å². The van der Waals surface area contributed by atoms with Crippen molar-refractivity contribution in [3.8, 4) is 11.5 Å². The number of alkyl halides is 1. The molecule has 20 heteroatoms. The predicted octanol–water partition coefficient (Wildman–Crippen LogP) is 4.55. The number of methoxy groups -OCH3 is 1. The maximum absolute atomic E-state index is 16.5. The number of carbonyl (C=O) groups excluding carboxylic acids is 3. The zero-order valence-electron chi connectivity index (χ0n) is 30.7. The number of nitrogens with one attached hydrogen (secondary N) is 2. The zero-order chi connectivity index (χ0) is 40.0. The van der Waals surface area contributed by atoms with E-state index in [9.17, 15) is 18.8 Å². The number of amides is 1. The molecule has 0 spiro atoms. The van der Waals surface area contributed by atoms with E-state index in [1.165, 1.54) is 57.4 Å². The Morgan fingerprint density at radius 3 is 2.44 bits per heavy atom. The smallest absolute Gasteiger partial charge is 0.497 e. The van der Waals surface area contributed by atoms with Crippen LogP contribution in [0.1, 0.15) is 51.3 Å². The lowest BCUT2D eigenvalue weighted by Gasteiger charge is -2.28. The average molecular weight is 773 g/mol. The number of nitrogens with two attached hydrogens (primary N) is 1. The Morgan fingerprint density at radius 2 is 1.78 bits per heavy atom. The normalized spacial score (nSPS) is 14.7. The monoisotopic (exact) mass is 772 g/mol. The van der Waals surface area contributed by atoms with Gasteiger partial charge in [0.05, 0.1) is 19.8 Å². The van der Waals surface area contributed by atoms with Crippen LogP contribution in [0.4, 0.5) is 30.0 Å². The minimum absolute atomic E-state index is 0.00704. The Morgan fingerprint density at radius 1 is 1.05 bits per heavy atom. The first kappa shape index (κ1) is 41.4. The maximum atomic E-state index is 16.5. The number of hydrogen-bond donors (Lipinski definition) is 3. The highest BCUT2D eigenvalue weighted by atomic mass is 19.1. The standard InChI is InChI=1S/C35H42F2N8O10/c1-6-15-52-33(47)42-29(38)22-8-10-23(11-9-22)41-28(25-19-24(49-5)20-26(27(25)37)51-18-17-50-21(2)46)30-43-32(45(44-30)31-39-13-7-14-40-31)54-35(3,4)55-34(48)53-16-12-36/h7-11,13-14,19-20,28,30,41,44H,6,12,15-18H2,1-5H3,(H2,38,42,47)/t28-,30?/m1/s1.